The number of aliphatic carboxylic acids is 1. The maximum absolute atomic E-state index is 10.5. The van der Waals surface area contributed by atoms with Crippen LogP contribution in [-0.4, -0.2) is 27.2 Å². The topological polar surface area (TPSA) is 81.1 Å². The van der Waals surface area contributed by atoms with Gasteiger partial charge in [-0.15, -0.1) is 0 Å². The van der Waals surface area contributed by atoms with E-state index in [9.17, 15) is 4.79 Å². The van der Waals surface area contributed by atoms with Crippen molar-refractivity contribution >= 4 is 29.2 Å². The molecular weight excluding hydrogens is 229 g/mol. The monoisotopic (exact) mass is 237 g/mol. The molecule has 78 valence electrons. The van der Waals surface area contributed by atoms with Crippen molar-refractivity contribution < 1.29 is 9.90 Å². The third-order valence-electron chi connectivity index (χ3n) is 1.77. The molecule has 0 aliphatic carbocycles. The lowest BCUT2D eigenvalue weighted by molar-refractivity contribution is -0.137. The first kappa shape index (κ1) is 11.3. The Morgan fingerprint density at radius 2 is 2.36 bits per heavy atom. The van der Waals surface area contributed by atoms with Gasteiger partial charge in [0.2, 0.25) is 0 Å². The molecule has 5 nitrogen and oxygen atoms in total. The van der Waals surface area contributed by atoms with Crippen LogP contribution >= 0.6 is 23.2 Å². The Morgan fingerprint density at radius 3 is 2.71 bits per heavy atom. The maximum Gasteiger partial charge on any atom is 0.305 e. The Morgan fingerprint density at radius 1 is 1.71 bits per heavy atom. The lowest BCUT2D eigenvalue weighted by Gasteiger charge is -2.14. The van der Waals surface area contributed by atoms with E-state index in [2.05, 4.69) is 4.98 Å². The van der Waals surface area contributed by atoms with Crippen LogP contribution in [0.1, 0.15) is 12.5 Å². The summed E-state index contributed by atoms with van der Waals surface area (Å²) in [5.74, 6) is -0.943. The van der Waals surface area contributed by atoms with Crippen LogP contribution in [0.15, 0.2) is 6.33 Å². The van der Waals surface area contributed by atoms with Crippen LogP contribution in [0.5, 0.6) is 0 Å². The molecule has 0 aliphatic heterocycles. The minimum absolute atomic E-state index is 0.108. The summed E-state index contributed by atoms with van der Waals surface area (Å²) in [6, 6.07) is -0.417. The van der Waals surface area contributed by atoms with E-state index in [4.69, 9.17) is 34.0 Å². The predicted molar refractivity (Wildman–Crippen MR) is 52.6 cm³/mol. The molecule has 3 N–H and O–H groups in total. The molecule has 1 aromatic rings. The number of carboxylic acids is 1. The van der Waals surface area contributed by atoms with Gasteiger partial charge in [0, 0.05) is 6.54 Å². The van der Waals surface area contributed by atoms with Crippen LogP contribution in [0.2, 0.25) is 10.3 Å². The molecule has 7 heteroatoms. The zero-order valence-corrected chi connectivity index (χ0v) is 8.66. The van der Waals surface area contributed by atoms with Crippen molar-refractivity contribution in [1.29, 1.82) is 0 Å². The number of imidazole rings is 1. The number of carbonyl (C=O) groups is 1. The first-order valence-electron chi connectivity index (χ1n) is 3.86. The number of nitrogens with zero attached hydrogens (tertiary/aromatic N) is 2. The van der Waals surface area contributed by atoms with Gasteiger partial charge in [0.25, 0.3) is 0 Å². The second-order valence-corrected chi connectivity index (χ2v) is 3.44. The zero-order valence-electron chi connectivity index (χ0n) is 7.15. The summed E-state index contributed by atoms with van der Waals surface area (Å²) in [5, 5.41) is 8.97. The summed E-state index contributed by atoms with van der Waals surface area (Å²) in [7, 11) is 0. The molecule has 0 saturated heterocycles. The smallest absolute Gasteiger partial charge is 0.305 e. The van der Waals surface area contributed by atoms with Gasteiger partial charge in [-0.25, -0.2) is 4.98 Å². The highest BCUT2D eigenvalue weighted by Crippen LogP contribution is 2.24. The van der Waals surface area contributed by atoms with Gasteiger partial charge in [0.05, 0.1) is 18.8 Å². The Balaban J connectivity index is 2.89. The molecule has 14 heavy (non-hydrogen) atoms. The fourth-order valence-corrected chi connectivity index (χ4v) is 1.45. The number of aromatic nitrogens is 2. The molecule has 0 bridgehead atoms. The van der Waals surface area contributed by atoms with Gasteiger partial charge < -0.3 is 15.4 Å². The normalized spacial score (nSPS) is 12.8. The number of hydrogen-bond donors (Lipinski definition) is 2. The van der Waals surface area contributed by atoms with Crippen molar-refractivity contribution in [2.75, 3.05) is 6.54 Å². The summed E-state index contributed by atoms with van der Waals surface area (Å²) in [6.07, 6.45) is 1.27. The number of nitrogens with two attached hydrogens (primary N) is 1. The average molecular weight is 238 g/mol. The predicted octanol–water partition coefficient (Wildman–Crippen LogP) is 1.16. The molecule has 0 aromatic carbocycles. The van der Waals surface area contributed by atoms with Crippen LogP contribution in [-0.2, 0) is 4.79 Å². The highest BCUT2D eigenvalue weighted by molar-refractivity contribution is 6.40. The van der Waals surface area contributed by atoms with Crippen molar-refractivity contribution in [2.45, 2.75) is 12.5 Å². The summed E-state index contributed by atoms with van der Waals surface area (Å²) in [6.45, 7) is 0.165. The molecule has 0 saturated carbocycles. The van der Waals surface area contributed by atoms with Crippen LogP contribution in [0.3, 0.4) is 0 Å². The van der Waals surface area contributed by atoms with Crippen molar-refractivity contribution in [1.82, 2.24) is 9.55 Å². The lowest BCUT2D eigenvalue weighted by atomic mass is 10.2. The maximum atomic E-state index is 10.5. The summed E-state index contributed by atoms with van der Waals surface area (Å²) >= 11 is 11.4. The van der Waals surface area contributed by atoms with Crippen molar-refractivity contribution in [3.8, 4) is 0 Å². The fourth-order valence-electron chi connectivity index (χ4n) is 1.07. The van der Waals surface area contributed by atoms with E-state index in [1.54, 1.807) is 0 Å². The first-order valence-corrected chi connectivity index (χ1v) is 4.61. The molecule has 1 rings (SSSR count). The SMILES string of the molecule is NCC(CC(=O)O)n1cnc(Cl)c1Cl. The average Bonchev–Trinajstić information content (AvgIpc) is 2.44. The fraction of sp³-hybridized carbons (Fsp3) is 0.429. The van der Waals surface area contributed by atoms with E-state index in [-0.39, 0.29) is 23.3 Å². The zero-order chi connectivity index (χ0) is 10.7. The Bertz CT molecular complexity index is 340. The van der Waals surface area contributed by atoms with Gasteiger partial charge in [0.1, 0.15) is 5.15 Å². The third kappa shape index (κ3) is 2.37. The summed E-state index contributed by atoms with van der Waals surface area (Å²) in [4.78, 5) is 14.2. The van der Waals surface area contributed by atoms with Crippen molar-refractivity contribution in [2.24, 2.45) is 5.73 Å². The van der Waals surface area contributed by atoms with Gasteiger partial charge in [-0.2, -0.15) is 0 Å². The number of halogens is 2. The van der Waals surface area contributed by atoms with Crippen LogP contribution in [0, 0.1) is 0 Å². The van der Waals surface area contributed by atoms with Gasteiger partial charge in [-0.1, -0.05) is 23.2 Å². The number of carboxylic acid groups (broad SMARTS) is 1. The van der Waals surface area contributed by atoms with Gasteiger partial charge >= 0.3 is 5.97 Å². The number of hydrogen-bond acceptors (Lipinski definition) is 3. The van der Waals surface area contributed by atoms with Crippen molar-refractivity contribution in [3.05, 3.63) is 16.6 Å². The highest BCUT2D eigenvalue weighted by Gasteiger charge is 2.17. The molecule has 0 spiro atoms. The summed E-state index contributed by atoms with van der Waals surface area (Å²) < 4.78 is 1.46. The molecule has 1 heterocycles. The Hall–Kier alpha value is -0.780. The molecule has 0 amide bonds. The first-order chi connectivity index (χ1) is 6.56. The van der Waals surface area contributed by atoms with Crippen LogP contribution < -0.4 is 5.73 Å². The molecule has 0 aliphatic rings. The largest absolute Gasteiger partial charge is 0.481 e. The standard InChI is InChI=1S/C7H9Cl2N3O2/c8-6-7(9)12(3-11-6)4(2-10)1-5(13)14/h3-4H,1-2,10H2,(H,13,14). The quantitative estimate of drug-likeness (QED) is 0.824. The van der Waals surface area contributed by atoms with E-state index in [0.29, 0.717) is 0 Å². The van der Waals surface area contributed by atoms with E-state index >= 15 is 0 Å². The van der Waals surface area contributed by atoms with Crippen molar-refractivity contribution in [3.63, 3.8) is 0 Å². The summed E-state index contributed by atoms with van der Waals surface area (Å²) in [5.41, 5.74) is 5.42. The molecule has 0 fully saturated rings. The van der Waals surface area contributed by atoms with E-state index < -0.39 is 12.0 Å². The Labute approximate surface area is 90.4 Å². The lowest BCUT2D eigenvalue weighted by Crippen LogP contribution is -2.21. The third-order valence-corrected chi connectivity index (χ3v) is 2.52. The molecule has 1 aromatic heterocycles. The molecular formula is C7H9Cl2N3O2. The van der Waals surface area contributed by atoms with Gasteiger partial charge in [0.15, 0.2) is 5.15 Å². The molecule has 1 atom stereocenters. The van der Waals surface area contributed by atoms with Gasteiger partial charge in [-0.05, 0) is 0 Å². The van der Waals surface area contributed by atoms with Crippen LogP contribution in [0.4, 0.5) is 0 Å². The van der Waals surface area contributed by atoms with E-state index in [1.807, 2.05) is 0 Å². The molecule has 1 unspecified atom stereocenters. The number of rotatable bonds is 4. The van der Waals surface area contributed by atoms with E-state index in [1.165, 1.54) is 10.9 Å². The minimum Gasteiger partial charge on any atom is -0.481 e. The van der Waals surface area contributed by atoms with Gasteiger partial charge in [-0.3, -0.25) is 4.79 Å². The highest BCUT2D eigenvalue weighted by atomic mass is 35.5. The molecule has 0 radical (unpaired) electrons. The second kappa shape index (κ2) is 4.63. The Kier molecular flexibility index (Phi) is 3.74. The van der Waals surface area contributed by atoms with E-state index in [0.717, 1.165) is 0 Å². The van der Waals surface area contributed by atoms with Crippen LogP contribution in [0.25, 0.3) is 0 Å². The second-order valence-electron chi connectivity index (χ2n) is 2.72. The minimum atomic E-state index is -0.943.